The highest BCUT2D eigenvalue weighted by Gasteiger charge is 2.12. The minimum Gasteiger partial charge on any atom is -0.497 e. The van der Waals surface area contributed by atoms with Gasteiger partial charge in [0.2, 0.25) is 0 Å². The summed E-state index contributed by atoms with van der Waals surface area (Å²) in [5.41, 5.74) is 1.11. The fraction of sp³-hybridized carbons (Fsp3) is 0.625. The van der Waals surface area contributed by atoms with Crippen LogP contribution in [0.2, 0.25) is 0 Å². The van der Waals surface area contributed by atoms with Gasteiger partial charge in [0, 0.05) is 13.2 Å². The number of hydrogen-bond donors (Lipinski definition) is 1. The summed E-state index contributed by atoms with van der Waals surface area (Å²) in [5, 5.41) is 3.16. The molecule has 0 saturated heterocycles. The number of nitrogens with one attached hydrogen (secondary N) is 1. The van der Waals surface area contributed by atoms with Crippen LogP contribution in [0.4, 0.5) is 0 Å². The summed E-state index contributed by atoms with van der Waals surface area (Å²) in [7, 11) is 3.60. The SMILES string of the molecule is CNCC(OCCOCC(C)C)c1cccc(OC)c1. The van der Waals surface area contributed by atoms with Crippen LogP contribution in [0.25, 0.3) is 0 Å². The van der Waals surface area contributed by atoms with Crippen LogP contribution in [0, 0.1) is 5.92 Å². The Bertz CT molecular complexity index is 368. The van der Waals surface area contributed by atoms with Crippen molar-refractivity contribution in [2.45, 2.75) is 20.0 Å². The predicted molar refractivity (Wildman–Crippen MR) is 81.3 cm³/mol. The minimum atomic E-state index is 0.0118. The summed E-state index contributed by atoms with van der Waals surface area (Å²) in [5.74, 6) is 1.41. The van der Waals surface area contributed by atoms with Crippen molar-refractivity contribution in [1.82, 2.24) is 5.32 Å². The van der Waals surface area contributed by atoms with E-state index in [1.807, 2.05) is 25.2 Å². The van der Waals surface area contributed by atoms with Crippen LogP contribution >= 0.6 is 0 Å². The lowest BCUT2D eigenvalue weighted by atomic mass is 10.1. The van der Waals surface area contributed by atoms with Crippen LogP contribution in [0.1, 0.15) is 25.5 Å². The topological polar surface area (TPSA) is 39.7 Å². The van der Waals surface area contributed by atoms with Crippen molar-refractivity contribution in [1.29, 1.82) is 0 Å². The lowest BCUT2D eigenvalue weighted by Gasteiger charge is -2.19. The summed E-state index contributed by atoms with van der Waals surface area (Å²) < 4.78 is 16.7. The molecule has 1 rings (SSSR count). The molecule has 0 spiro atoms. The molecule has 0 radical (unpaired) electrons. The van der Waals surface area contributed by atoms with Gasteiger partial charge in [-0.15, -0.1) is 0 Å². The normalized spacial score (nSPS) is 12.7. The van der Waals surface area contributed by atoms with E-state index in [1.54, 1.807) is 7.11 Å². The van der Waals surface area contributed by atoms with Crippen molar-refractivity contribution in [3.63, 3.8) is 0 Å². The smallest absolute Gasteiger partial charge is 0.119 e. The predicted octanol–water partition coefficient (Wildman–Crippen LogP) is 2.64. The number of rotatable bonds is 10. The van der Waals surface area contributed by atoms with E-state index in [1.165, 1.54) is 0 Å². The third-order valence-electron chi connectivity index (χ3n) is 2.85. The monoisotopic (exact) mass is 281 g/mol. The average Bonchev–Trinajstić information content (AvgIpc) is 2.45. The van der Waals surface area contributed by atoms with Crippen molar-refractivity contribution in [2.24, 2.45) is 5.92 Å². The molecule has 20 heavy (non-hydrogen) atoms. The molecule has 0 saturated carbocycles. The Balaban J connectivity index is 2.46. The van der Waals surface area contributed by atoms with Gasteiger partial charge in [0.15, 0.2) is 0 Å². The molecule has 1 atom stereocenters. The first kappa shape index (κ1) is 17.0. The van der Waals surface area contributed by atoms with Crippen LogP contribution < -0.4 is 10.1 Å². The minimum absolute atomic E-state index is 0.0118. The van der Waals surface area contributed by atoms with Gasteiger partial charge in [-0.25, -0.2) is 0 Å². The Morgan fingerprint density at radius 2 is 2.00 bits per heavy atom. The quantitative estimate of drug-likeness (QED) is 0.669. The summed E-state index contributed by atoms with van der Waals surface area (Å²) in [6.07, 6.45) is 0.0118. The largest absolute Gasteiger partial charge is 0.497 e. The van der Waals surface area contributed by atoms with Gasteiger partial charge in [0.25, 0.3) is 0 Å². The van der Waals surface area contributed by atoms with E-state index in [2.05, 4.69) is 25.2 Å². The molecule has 0 amide bonds. The molecular formula is C16H27NO3. The van der Waals surface area contributed by atoms with Crippen molar-refractivity contribution in [3.8, 4) is 5.75 Å². The third kappa shape index (κ3) is 6.37. The Morgan fingerprint density at radius 1 is 1.20 bits per heavy atom. The van der Waals surface area contributed by atoms with Gasteiger partial charge in [0.1, 0.15) is 5.75 Å². The molecule has 1 unspecified atom stereocenters. The van der Waals surface area contributed by atoms with Crippen molar-refractivity contribution >= 4 is 0 Å². The molecule has 1 N–H and O–H groups in total. The summed E-state index contributed by atoms with van der Waals surface area (Å²) in [6, 6.07) is 7.98. The van der Waals surface area contributed by atoms with Gasteiger partial charge in [-0.2, -0.15) is 0 Å². The van der Waals surface area contributed by atoms with Gasteiger partial charge >= 0.3 is 0 Å². The standard InChI is InChI=1S/C16H27NO3/c1-13(2)12-19-8-9-20-16(11-17-3)14-6-5-7-15(10-14)18-4/h5-7,10,13,16-17H,8-9,11-12H2,1-4H3. The Hall–Kier alpha value is -1.10. The third-order valence-corrected chi connectivity index (χ3v) is 2.85. The highest BCUT2D eigenvalue weighted by Crippen LogP contribution is 2.21. The Kier molecular flexibility index (Phi) is 8.26. The molecule has 0 heterocycles. The van der Waals surface area contributed by atoms with Crippen LogP contribution in [0.3, 0.4) is 0 Å². The average molecular weight is 281 g/mol. The molecule has 0 aliphatic carbocycles. The summed E-state index contributed by atoms with van der Waals surface area (Å²) in [6.45, 7) is 7.04. The second kappa shape index (κ2) is 9.75. The van der Waals surface area contributed by atoms with Crippen molar-refractivity contribution < 1.29 is 14.2 Å². The Morgan fingerprint density at radius 3 is 2.65 bits per heavy atom. The molecule has 4 heteroatoms. The van der Waals surface area contributed by atoms with Gasteiger partial charge in [-0.05, 0) is 30.7 Å². The maximum atomic E-state index is 5.91. The fourth-order valence-electron chi connectivity index (χ4n) is 1.87. The number of hydrogen-bond acceptors (Lipinski definition) is 4. The summed E-state index contributed by atoms with van der Waals surface area (Å²) >= 11 is 0. The number of methoxy groups -OCH3 is 1. The Labute approximate surface area is 122 Å². The van der Waals surface area contributed by atoms with E-state index in [4.69, 9.17) is 14.2 Å². The summed E-state index contributed by atoms with van der Waals surface area (Å²) in [4.78, 5) is 0. The number of ether oxygens (including phenoxy) is 3. The highest BCUT2D eigenvalue weighted by atomic mass is 16.5. The van der Waals surface area contributed by atoms with E-state index >= 15 is 0 Å². The van der Waals surface area contributed by atoms with Crippen LogP contribution in [0.5, 0.6) is 5.75 Å². The highest BCUT2D eigenvalue weighted by molar-refractivity contribution is 5.30. The second-order valence-corrected chi connectivity index (χ2v) is 5.16. The molecule has 1 aromatic rings. The van der Waals surface area contributed by atoms with E-state index in [0.29, 0.717) is 19.1 Å². The first-order chi connectivity index (χ1) is 9.67. The molecule has 1 aromatic carbocycles. The molecule has 0 fully saturated rings. The molecular weight excluding hydrogens is 254 g/mol. The van der Waals surface area contributed by atoms with Crippen LogP contribution in [-0.2, 0) is 9.47 Å². The van der Waals surface area contributed by atoms with Gasteiger partial charge in [-0.1, -0.05) is 26.0 Å². The molecule has 0 aromatic heterocycles. The van der Waals surface area contributed by atoms with E-state index in [9.17, 15) is 0 Å². The molecule has 0 bridgehead atoms. The maximum absolute atomic E-state index is 5.91. The van der Waals surface area contributed by atoms with E-state index < -0.39 is 0 Å². The zero-order valence-electron chi connectivity index (χ0n) is 13.0. The van der Waals surface area contributed by atoms with E-state index in [0.717, 1.165) is 24.5 Å². The number of likely N-dealkylation sites (N-methyl/N-ethyl adjacent to an activating group) is 1. The zero-order valence-corrected chi connectivity index (χ0v) is 13.0. The molecule has 0 aliphatic heterocycles. The zero-order chi connectivity index (χ0) is 14.8. The molecule has 4 nitrogen and oxygen atoms in total. The lowest BCUT2D eigenvalue weighted by Crippen LogP contribution is -2.21. The van der Waals surface area contributed by atoms with Gasteiger partial charge in [-0.3, -0.25) is 0 Å². The second-order valence-electron chi connectivity index (χ2n) is 5.16. The van der Waals surface area contributed by atoms with Gasteiger partial charge < -0.3 is 19.5 Å². The molecule has 114 valence electrons. The van der Waals surface area contributed by atoms with Gasteiger partial charge in [0.05, 0.1) is 26.4 Å². The maximum Gasteiger partial charge on any atom is 0.119 e. The van der Waals surface area contributed by atoms with Crippen molar-refractivity contribution in [2.75, 3.05) is 40.5 Å². The number of benzene rings is 1. The fourth-order valence-corrected chi connectivity index (χ4v) is 1.87. The first-order valence-corrected chi connectivity index (χ1v) is 7.15. The van der Waals surface area contributed by atoms with E-state index in [-0.39, 0.29) is 6.10 Å². The first-order valence-electron chi connectivity index (χ1n) is 7.15. The van der Waals surface area contributed by atoms with Crippen LogP contribution in [-0.4, -0.2) is 40.5 Å². The van der Waals surface area contributed by atoms with Crippen LogP contribution in [0.15, 0.2) is 24.3 Å². The van der Waals surface area contributed by atoms with Crippen molar-refractivity contribution in [3.05, 3.63) is 29.8 Å². The molecule has 0 aliphatic rings. The lowest BCUT2D eigenvalue weighted by molar-refractivity contribution is -0.000722.